The van der Waals surface area contributed by atoms with Gasteiger partial charge in [0.1, 0.15) is 11.3 Å². The van der Waals surface area contributed by atoms with Crippen LogP contribution in [0, 0.1) is 5.92 Å². The highest BCUT2D eigenvalue weighted by molar-refractivity contribution is 5.82. The predicted molar refractivity (Wildman–Crippen MR) is 63.9 cm³/mol. The highest BCUT2D eigenvalue weighted by Crippen LogP contribution is 2.22. The first-order valence-corrected chi connectivity index (χ1v) is 5.65. The highest BCUT2D eigenvalue weighted by Gasteiger charge is 2.11. The Morgan fingerprint density at radius 1 is 1.47 bits per heavy atom. The monoisotopic (exact) mass is 233 g/mol. The molecule has 0 bridgehead atoms. The second kappa shape index (κ2) is 4.57. The topological polar surface area (TPSA) is 63.3 Å². The van der Waals surface area contributed by atoms with E-state index < -0.39 is 5.97 Å². The average Bonchev–Trinajstić information content (AvgIpc) is 2.59. The van der Waals surface area contributed by atoms with Crippen molar-refractivity contribution in [2.75, 3.05) is 0 Å². The molecule has 2 rings (SSSR count). The first-order chi connectivity index (χ1) is 8.06. The summed E-state index contributed by atoms with van der Waals surface area (Å²) in [4.78, 5) is 10.7. The number of carboxylic acid groups (broad SMARTS) is 1. The fourth-order valence-corrected chi connectivity index (χ4v) is 1.84. The van der Waals surface area contributed by atoms with E-state index in [9.17, 15) is 4.79 Å². The Kier molecular flexibility index (Phi) is 3.13. The maximum Gasteiger partial charge on any atom is 0.307 e. The van der Waals surface area contributed by atoms with E-state index >= 15 is 0 Å². The number of nitrogens with zero attached hydrogens (tertiary/aromatic N) is 1. The molecule has 0 fully saturated rings. The molecule has 0 atom stereocenters. The Labute approximate surface area is 99.2 Å². The minimum absolute atomic E-state index is 0.0300. The number of fused-ring (bicyclic) bond motifs is 1. The van der Waals surface area contributed by atoms with Gasteiger partial charge >= 0.3 is 5.97 Å². The molecule has 1 aromatic heterocycles. The molecule has 0 aliphatic carbocycles. The molecule has 0 aliphatic rings. The van der Waals surface area contributed by atoms with Gasteiger partial charge in [-0.1, -0.05) is 25.1 Å². The zero-order chi connectivity index (χ0) is 12.4. The summed E-state index contributed by atoms with van der Waals surface area (Å²) in [5.41, 5.74) is 1.56. The van der Waals surface area contributed by atoms with E-state index in [1.54, 1.807) is 12.1 Å². The first-order valence-electron chi connectivity index (χ1n) is 5.65. The summed E-state index contributed by atoms with van der Waals surface area (Å²) < 4.78 is 5.29. The molecule has 90 valence electrons. The van der Waals surface area contributed by atoms with Crippen LogP contribution in [0.5, 0.6) is 0 Å². The average molecular weight is 233 g/mol. The van der Waals surface area contributed by atoms with Crippen molar-refractivity contribution >= 4 is 16.9 Å². The fourth-order valence-electron chi connectivity index (χ4n) is 1.84. The summed E-state index contributed by atoms with van der Waals surface area (Å²) >= 11 is 0. The molecule has 0 radical (unpaired) electrons. The van der Waals surface area contributed by atoms with E-state index in [1.165, 1.54) is 0 Å². The van der Waals surface area contributed by atoms with Gasteiger partial charge in [-0.25, -0.2) is 0 Å². The maximum atomic E-state index is 10.7. The van der Waals surface area contributed by atoms with Crippen molar-refractivity contribution < 1.29 is 14.4 Å². The van der Waals surface area contributed by atoms with Crippen LogP contribution < -0.4 is 0 Å². The minimum atomic E-state index is -0.828. The van der Waals surface area contributed by atoms with Gasteiger partial charge in [0.2, 0.25) is 0 Å². The highest BCUT2D eigenvalue weighted by atomic mass is 16.5. The molecule has 4 nitrogen and oxygen atoms in total. The Morgan fingerprint density at radius 2 is 2.24 bits per heavy atom. The van der Waals surface area contributed by atoms with Gasteiger partial charge in [-0.15, -0.1) is 0 Å². The quantitative estimate of drug-likeness (QED) is 0.881. The van der Waals surface area contributed by atoms with E-state index in [1.807, 2.05) is 6.07 Å². The molecule has 0 unspecified atom stereocenters. The number of aromatic nitrogens is 1. The number of carbonyl (C=O) groups is 1. The standard InChI is InChI=1S/C13H15NO3/c1-8(2)5-12-10-6-9(7-13(15)16)3-4-11(10)14-17-12/h3-4,6,8H,5,7H2,1-2H3,(H,15,16). The Hall–Kier alpha value is -1.84. The summed E-state index contributed by atoms with van der Waals surface area (Å²) in [5, 5.41) is 13.7. The van der Waals surface area contributed by atoms with Crippen LogP contribution in [0.3, 0.4) is 0 Å². The molecule has 1 N–H and O–H groups in total. The molecular weight excluding hydrogens is 218 g/mol. The van der Waals surface area contributed by atoms with Crippen molar-refractivity contribution in [3.63, 3.8) is 0 Å². The number of rotatable bonds is 4. The van der Waals surface area contributed by atoms with Crippen LogP contribution in [-0.2, 0) is 17.6 Å². The van der Waals surface area contributed by atoms with E-state index in [0.717, 1.165) is 28.6 Å². The van der Waals surface area contributed by atoms with Gasteiger partial charge in [0, 0.05) is 11.8 Å². The normalized spacial score (nSPS) is 11.2. The Bertz CT molecular complexity index is 543. The van der Waals surface area contributed by atoms with E-state index in [-0.39, 0.29) is 6.42 Å². The lowest BCUT2D eigenvalue weighted by Gasteiger charge is -2.01. The van der Waals surface area contributed by atoms with Gasteiger partial charge < -0.3 is 9.63 Å². The second-order valence-corrected chi connectivity index (χ2v) is 4.63. The number of benzene rings is 1. The van der Waals surface area contributed by atoms with Crippen LogP contribution in [0.25, 0.3) is 10.9 Å². The zero-order valence-electron chi connectivity index (χ0n) is 9.93. The molecule has 1 aromatic carbocycles. The lowest BCUT2D eigenvalue weighted by Crippen LogP contribution is -1.99. The molecular formula is C13H15NO3. The number of hydrogen-bond acceptors (Lipinski definition) is 3. The van der Waals surface area contributed by atoms with Crippen molar-refractivity contribution in [3.8, 4) is 0 Å². The summed E-state index contributed by atoms with van der Waals surface area (Å²) in [6.45, 7) is 4.21. The van der Waals surface area contributed by atoms with Crippen molar-refractivity contribution in [3.05, 3.63) is 29.5 Å². The van der Waals surface area contributed by atoms with Crippen LogP contribution >= 0.6 is 0 Å². The van der Waals surface area contributed by atoms with Crippen LogP contribution in [0.4, 0.5) is 0 Å². The van der Waals surface area contributed by atoms with E-state index in [2.05, 4.69) is 19.0 Å². The minimum Gasteiger partial charge on any atom is -0.481 e. The van der Waals surface area contributed by atoms with Crippen LogP contribution in [0.15, 0.2) is 22.7 Å². The van der Waals surface area contributed by atoms with Gasteiger partial charge in [0.05, 0.1) is 6.42 Å². The molecule has 2 aromatic rings. The number of carboxylic acids is 1. The van der Waals surface area contributed by atoms with Gasteiger partial charge in [0.15, 0.2) is 0 Å². The molecule has 17 heavy (non-hydrogen) atoms. The smallest absolute Gasteiger partial charge is 0.307 e. The predicted octanol–water partition coefficient (Wildman–Crippen LogP) is 2.65. The van der Waals surface area contributed by atoms with Gasteiger partial charge in [-0.3, -0.25) is 4.79 Å². The Balaban J connectivity index is 2.39. The fraction of sp³-hybridized carbons (Fsp3) is 0.385. The molecule has 0 amide bonds. The SMILES string of the molecule is CC(C)Cc1onc2ccc(CC(=O)O)cc12. The molecule has 0 aliphatic heterocycles. The lowest BCUT2D eigenvalue weighted by molar-refractivity contribution is -0.136. The Morgan fingerprint density at radius 3 is 2.88 bits per heavy atom. The molecule has 0 saturated heterocycles. The van der Waals surface area contributed by atoms with Crippen LogP contribution in [0.1, 0.15) is 25.2 Å². The maximum absolute atomic E-state index is 10.7. The van der Waals surface area contributed by atoms with Gasteiger partial charge in [-0.05, 0) is 23.6 Å². The van der Waals surface area contributed by atoms with Crippen molar-refractivity contribution in [2.24, 2.45) is 5.92 Å². The third-order valence-corrected chi connectivity index (χ3v) is 2.56. The molecule has 0 saturated carbocycles. The van der Waals surface area contributed by atoms with Crippen molar-refractivity contribution in [1.29, 1.82) is 0 Å². The molecule has 4 heteroatoms. The largest absolute Gasteiger partial charge is 0.481 e. The van der Waals surface area contributed by atoms with Gasteiger partial charge in [-0.2, -0.15) is 0 Å². The third kappa shape index (κ3) is 2.64. The number of hydrogen-bond donors (Lipinski definition) is 1. The third-order valence-electron chi connectivity index (χ3n) is 2.56. The van der Waals surface area contributed by atoms with E-state index in [4.69, 9.17) is 9.63 Å². The first kappa shape index (κ1) is 11.6. The van der Waals surface area contributed by atoms with Gasteiger partial charge in [0.25, 0.3) is 0 Å². The summed E-state index contributed by atoms with van der Waals surface area (Å²) in [7, 11) is 0. The zero-order valence-corrected chi connectivity index (χ0v) is 9.93. The summed E-state index contributed by atoms with van der Waals surface area (Å²) in [5.74, 6) is 0.489. The number of aliphatic carboxylic acids is 1. The second-order valence-electron chi connectivity index (χ2n) is 4.63. The van der Waals surface area contributed by atoms with Crippen LogP contribution in [0.2, 0.25) is 0 Å². The molecule has 0 spiro atoms. The van der Waals surface area contributed by atoms with Crippen LogP contribution in [-0.4, -0.2) is 16.2 Å². The lowest BCUT2D eigenvalue weighted by atomic mass is 10.0. The van der Waals surface area contributed by atoms with Crippen molar-refractivity contribution in [2.45, 2.75) is 26.7 Å². The molecule has 1 heterocycles. The van der Waals surface area contributed by atoms with E-state index in [0.29, 0.717) is 5.92 Å². The summed E-state index contributed by atoms with van der Waals surface area (Å²) in [6.07, 6.45) is 0.843. The van der Waals surface area contributed by atoms with Crippen molar-refractivity contribution in [1.82, 2.24) is 5.16 Å². The summed E-state index contributed by atoms with van der Waals surface area (Å²) in [6, 6.07) is 5.44.